The molecule has 23 heavy (non-hydrogen) atoms. The Bertz CT molecular complexity index is 679. The molecule has 0 atom stereocenters. The number of sulfonamides is 1. The van der Waals surface area contributed by atoms with Crippen molar-refractivity contribution in [2.75, 3.05) is 19.6 Å². The first-order valence-corrected chi connectivity index (χ1v) is 9.90. The second-order valence-electron chi connectivity index (χ2n) is 6.50. The van der Waals surface area contributed by atoms with E-state index in [1.165, 1.54) is 0 Å². The summed E-state index contributed by atoms with van der Waals surface area (Å²) in [6, 6.07) is 7.83. The maximum absolute atomic E-state index is 12.6. The van der Waals surface area contributed by atoms with Crippen molar-refractivity contribution in [1.82, 2.24) is 9.21 Å². The number of likely N-dealkylation sites (tertiary alicyclic amines) is 1. The largest absolute Gasteiger partial charge is 0.340 e. The fourth-order valence-electron chi connectivity index (χ4n) is 3.55. The average molecular weight is 336 g/mol. The van der Waals surface area contributed by atoms with Gasteiger partial charge in [-0.25, -0.2) is 12.7 Å². The van der Waals surface area contributed by atoms with Crippen molar-refractivity contribution in [3.05, 3.63) is 35.4 Å². The van der Waals surface area contributed by atoms with E-state index >= 15 is 0 Å². The normalized spacial score (nSPS) is 21.1. The number of carbonyl (C=O) groups excluding carboxylic acids is 1. The third-order valence-electron chi connectivity index (χ3n) is 4.97. The highest BCUT2D eigenvalue weighted by Crippen LogP contribution is 2.24. The molecule has 1 aromatic rings. The van der Waals surface area contributed by atoms with Gasteiger partial charge in [0.05, 0.1) is 5.75 Å². The number of hydrogen-bond donors (Lipinski definition) is 0. The third kappa shape index (κ3) is 3.58. The number of carbonyl (C=O) groups is 1. The molecular formula is C17H24N2O3S. The van der Waals surface area contributed by atoms with E-state index in [1.807, 2.05) is 36.1 Å². The van der Waals surface area contributed by atoms with Crippen molar-refractivity contribution in [2.24, 2.45) is 0 Å². The first-order valence-electron chi connectivity index (χ1n) is 8.29. The summed E-state index contributed by atoms with van der Waals surface area (Å²) in [5.41, 5.74) is 1.87. The number of nitrogens with zero attached hydrogens (tertiary/aromatic N) is 2. The fourth-order valence-corrected chi connectivity index (χ4v) is 5.21. The molecule has 0 radical (unpaired) electrons. The zero-order valence-corrected chi connectivity index (χ0v) is 14.4. The minimum absolute atomic E-state index is 0.0625. The molecule has 2 aliphatic rings. The summed E-state index contributed by atoms with van der Waals surface area (Å²) in [6.45, 7) is 3.81. The van der Waals surface area contributed by atoms with Gasteiger partial charge in [-0.3, -0.25) is 4.79 Å². The van der Waals surface area contributed by atoms with Crippen LogP contribution in [-0.2, 0) is 20.6 Å². The maximum atomic E-state index is 12.6. The highest BCUT2D eigenvalue weighted by molar-refractivity contribution is 7.88. The van der Waals surface area contributed by atoms with Crippen molar-refractivity contribution in [2.45, 2.75) is 44.4 Å². The minimum Gasteiger partial charge on any atom is -0.340 e. The first kappa shape index (κ1) is 16.5. The Balaban J connectivity index is 1.62. The molecule has 0 unspecified atom stereocenters. The van der Waals surface area contributed by atoms with E-state index in [9.17, 15) is 13.2 Å². The van der Waals surface area contributed by atoms with Gasteiger partial charge in [0, 0.05) is 32.1 Å². The van der Waals surface area contributed by atoms with E-state index < -0.39 is 10.0 Å². The number of hydrogen-bond acceptors (Lipinski definition) is 3. The van der Waals surface area contributed by atoms with Crippen LogP contribution in [0.1, 0.15) is 36.8 Å². The van der Waals surface area contributed by atoms with E-state index in [1.54, 1.807) is 4.31 Å². The lowest BCUT2D eigenvalue weighted by molar-refractivity contribution is -0.130. The summed E-state index contributed by atoms with van der Waals surface area (Å²) in [5.74, 6) is 0.290. The first-order chi connectivity index (χ1) is 11.0. The van der Waals surface area contributed by atoms with Crippen LogP contribution in [0.25, 0.3) is 0 Å². The van der Waals surface area contributed by atoms with Crippen LogP contribution in [0.15, 0.2) is 24.3 Å². The van der Waals surface area contributed by atoms with E-state index in [-0.39, 0.29) is 17.7 Å². The van der Waals surface area contributed by atoms with E-state index in [0.717, 1.165) is 36.9 Å². The lowest BCUT2D eigenvalue weighted by Gasteiger charge is -2.36. The smallest absolute Gasteiger partial charge is 0.222 e. The Morgan fingerprint density at radius 2 is 1.83 bits per heavy atom. The molecular weight excluding hydrogens is 312 g/mol. The number of aryl methyl sites for hydroxylation is 1. The molecule has 0 aliphatic carbocycles. The summed E-state index contributed by atoms with van der Waals surface area (Å²) in [7, 11) is -3.29. The van der Waals surface area contributed by atoms with E-state index in [0.29, 0.717) is 19.5 Å². The molecule has 0 spiro atoms. The van der Waals surface area contributed by atoms with Gasteiger partial charge >= 0.3 is 0 Å². The molecule has 126 valence electrons. The molecule has 2 fully saturated rings. The molecule has 2 aliphatic heterocycles. The second kappa shape index (κ2) is 6.61. The maximum Gasteiger partial charge on any atom is 0.222 e. The molecule has 1 amide bonds. The van der Waals surface area contributed by atoms with E-state index in [4.69, 9.17) is 0 Å². The molecule has 0 saturated carbocycles. The molecule has 5 nitrogen and oxygen atoms in total. The Hall–Kier alpha value is -1.40. The summed E-state index contributed by atoms with van der Waals surface area (Å²) in [4.78, 5) is 13.8. The third-order valence-corrected chi connectivity index (χ3v) is 6.79. The van der Waals surface area contributed by atoms with Crippen molar-refractivity contribution in [3.8, 4) is 0 Å². The zero-order chi connectivity index (χ0) is 16.4. The highest BCUT2D eigenvalue weighted by atomic mass is 32.2. The van der Waals surface area contributed by atoms with Crippen LogP contribution < -0.4 is 0 Å². The molecule has 2 heterocycles. The van der Waals surface area contributed by atoms with Crippen LogP contribution in [0.5, 0.6) is 0 Å². The predicted molar refractivity (Wildman–Crippen MR) is 89.3 cm³/mol. The van der Waals surface area contributed by atoms with Gasteiger partial charge in [0.25, 0.3) is 0 Å². The number of amides is 1. The molecule has 0 aromatic heterocycles. The van der Waals surface area contributed by atoms with Gasteiger partial charge in [0.15, 0.2) is 0 Å². The van der Waals surface area contributed by atoms with Gasteiger partial charge in [0.2, 0.25) is 15.9 Å². The summed E-state index contributed by atoms with van der Waals surface area (Å²) < 4.78 is 26.9. The lowest BCUT2D eigenvalue weighted by atomic mass is 10.1. The van der Waals surface area contributed by atoms with Crippen LogP contribution in [0.4, 0.5) is 0 Å². The fraction of sp³-hybridized carbons (Fsp3) is 0.588. The molecule has 1 aromatic carbocycles. The summed E-state index contributed by atoms with van der Waals surface area (Å²) in [6.07, 6.45) is 3.08. The Morgan fingerprint density at radius 1 is 1.13 bits per heavy atom. The predicted octanol–water partition coefficient (Wildman–Crippen LogP) is 1.91. The van der Waals surface area contributed by atoms with Gasteiger partial charge in [-0.1, -0.05) is 24.3 Å². The summed E-state index contributed by atoms with van der Waals surface area (Å²) in [5, 5.41) is 0. The standard InChI is InChI=1S/C17H24N2O3S/c1-14-5-2-3-6-15(14)13-23(21,22)18-11-8-16(9-12-18)19-10-4-7-17(19)20/h2-3,5-6,16H,4,7-13H2,1H3. The number of benzene rings is 1. The van der Waals surface area contributed by atoms with Crippen molar-refractivity contribution in [3.63, 3.8) is 0 Å². The van der Waals surface area contributed by atoms with Gasteiger partial charge in [0.1, 0.15) is 0 Å². The number of rotatable bonds is 4. The molecule has 2 saturated heterocycles. The van der Waals surface area contributed by atoms with Crippen LogP contribution in [0.3, 0.4) is 0 Å². The van der Waals surface area contributed by atoms with Crippen molar-refractivity contribution < 1.29 is 13.2 Å². The second-order valence-corrected chi connectivity index (χ2v) is 8.47. The van der Waals surface area contributed by atoms with Gasteiger partial charge < -0.3 is 4.90 Å². The topological polar surface area (TPSA) is 57.7 Å². The number of piperidine rings is 1. The van der Waals surface area contributed by atoms with Crippen LogP contribution in [0, 0.1) is 6.92 Å². The Kier molecular flexibility index (Phi) is 4.73. The quantitative estimate of drug-likeness (QED) is 0.844. The SMILES string of the molecule is Cc1ccccc1CS(=O)(=O)N1CCC(N2CCCC2=O)CC1. The minimum atomic E-state index is -3.29. The average Bonchev–Trinajstić information content (AvgIpc) is 2.96. The van der Waals surface area contributed by atoms with Crippen LogP contribution >= 0.6 is 0 Å². The monoisotopic (exact) mass is 336 g/mol. The molecule has 3 rings (SSSR count). The van der Waals surface area contributed by atoms with Crippen LogP contribution in [0.2, 0.25) is 0 Å². The Labute approximate surface area is 138 Å². The van der Waals surface area contributed by atoms with Crippen molar-refractivity contribution in [1.29, 1.82) is 0 Å². The molecule has 6 heteroatoms. The van der Waals surface area contributed by atoms with Gasteiger partial charge in [-0.2, -0.15) is 0 Å². The highest BCUT2D eigenvalue weighted by Gasteiger charge is 2.34. The van der Waals surface area contributed by atoms with Gasteiger partial charge in [-0.05, 0) is 37.3 Å². The van der Waals surface area contributed by atoms with Crippen LogP contribution in [-0.4, -0.2) is 49.2 Å². The lowest BCUT2D eigenvalue weighted by Crippen LogP contribution is -2.47. The Morgan fingerprint density at radius 3 is 2.43 bits per heavy atom. The van der Waals surface area contributed by atoms with E-state index in [2.05, 4.69) is 0 Å². The molecule has 0 N–H and O–H groups in total. The molecule has 0 bridgehead atoms. The van der Waals surface area contributed by atoms with Gasteiger partial charge in [-0.15, -0.1) is 0 Å². The zero-order valence-electron chi connectivity index (χ0n) is 13.6. The van der Waals surface area contributed by atoms with Crippen molar-refractivity contribution >= 4 is 15.9 Å². The summed E-state index contributed by atoms with van der Waals surface area (Å²) >= 11 is 0.